The fourth-order valence-corrected chi connectivity index (χ4v) is 2.95. The quantitative estimate of drug-likeness (QED) is 0.688. The second-order valence-corrected chi connectivity index (χ2v) is 6.57. The Labute approximate surface area is 173 Å². The monoisotopic (exact) mass is 415 g/mol. The molecule has 0 saturated carbocycles. The van der Waals surface area contributed by atoms with E-state index in [1.807, 2.05) is 0 Å². The van der Waals surface area contributed by atoms with Crippen molar-refractivity contribution >= 4 is 17.7 Å². The SMILES string of the molecule is COc1ccc(C(=O)N2CCO[C@H]2CNC(=O)C(=O)NCc2ccc(F)cc2)cc1. The van der Waals surface area contributed by atoms with E-state index in [4.69, 9.17) is 9.47 Å². The summed E-state index contributed by atoms with van der Waals surface area (Å²) < 4.78 is 23.5. The van der Waals surface area contributed by atoms with Gasteiger partial charge in [0.05, 0.1) is 20.3 Å². The summed E-state index contributed by atoms with van der Waals surface area (Å²) in [4.78, 5) is 38.2. The minimum atomic E-state index is -0.843. The molecule has 2 aromatic carbocycles. The van der Waals surface area contributed by atoms with E-state index in [2.05, 4.69) is 10.6 Å². The molecule has 3 rings (SSSR count). The lowest BCUT2D eigenvalue weighted by Gasteiger charge is -2.23. The van der Waals surface area contributed by atoms with E-state index in [1.165, 1.54) is 29.2 Å². The van der Waals surface area contributed by atoms with Crippen molar-refractivity contribution in [2.75, 3.05) is 26.8 Å². The van der Waals surface area contributed by atoms with Gasteiger partial charge in [-0.2, -0.15) is 0 Å². The number of nitrogens with zero attached hydrogens (tertiary/aromatic N) is 1. The average Bonchev–Trinajstić information content (AvgIpc) is 3.25. The maximum Gasteiger partial charge on any atom is 0.309 e. The van der Waals surface area contributed by atoms with Gasteiger partial charge >= 0.3 is 11.8 Å². The molecule has 1 fully saturated rings. The third kappa shape index (κ3) is 5.32. The molecule has 9 heteroatoms. The van der Waals surface area contributed by atoms with Crippen molar-refractivity contribution in [1.82, 2.24) is 15.5 Å². The van der Waals surface area contributed by atoms with Gasteiger partial charge in [-0.1, -0.05) is 12.1 Å². The number of rotatable bonds is 6. The molecule has 2 aromatic rings. The number of benzene rings is 2. The fourth-order valence-electron chi connectivity index (χ4n) is 2.95. The molecule has 0 spiro atoms. The van der Waals surface area contributed by atoms with E-state index in [9.17, 15) is 18.8 Å². The highest BCUT2D eigenvalue weighted by atomic mass is 19.1. The average molecular weight is 415 g/mol. The van der Waals surface area contributed by atoms with E-state index in [0.29, 0.717) is 30.0 Å². The van der Waals surface area contributed by atoms with Crippen LogP contribution in [0.1, 0.15) is 15.9 Å². The molecule has 158 valence electrons. The van der Waals surface area contributed by atoms with Crippen LogP contribution in [0, 0.1) is 5.82 Å². The lowest BCUT2D eigenvalue weighted by atomic mass is 10.2. The summed E-state index contributed by atoms with van der Waals surface area (Å²) in [5.41, 5.74) is 1.13. The minimum Gasteiger partial charge on any atom is -0.497 e. The lowest BCUT2D eigenvalue weighted by molar-refractivity contribution is -0.139. The van der Waals surface area contributed by atoms with Gasteiger partial charge in [-0.3, -0.25) is 14.4 Å². The van der Waals surface area contributed by atoms with Crippen LogP contribution in [-0.2, 0) is 20.9 Å². The number of methoxy groups -OCH3 is 1. The second-order valence-electron chi connectivity index (χ2n) is 6.57. The molecule has 0 aromatic heterocycles. The number of ether oxygens (including phenoxy) is 2. The molecule has 2 N–H and O–H groups in total. The summed E-state index contributed by atoms with van der Waals surface area (Å²) in [6, 6.07) is 12.3. The largest absolute Gasteiger partial charge is 0.497 e. The van der Waals surface area contributed by atoms with Crippen LogP contribution in [0.3, 0.4) is 0 Å². The van der Waals surface area contributed by atoms with Crippen molar-refractivity contribution in [2.45, 2.75) is 12.8 Å². The Morgan fingerprint density at radius 3 is 2.40 bits per heavy atom. The van der Waals surface area contributed by atoms with Crippen LogP contribution in [0.4, 0.5) is 4.39 Å². The maximum absolute atomic E-state index is 12.9. The fraction of sp³-hybridized carbons (Fsp3) is 0.286. The predicted octanol–water partition coefficient (Wildman–Crippen LogP) is 1.07. The molecule has 1 heterocycles. The van der Waals surface area contributed by atoms with E-state index in [1.54, 1.807) is 31.4 Å². The van der Waals surface area contributed by atoms with Crippen molar-refractivity contribution in [1.29, 1.82) is 0 Å². The molecule has 0 aliphatic carbocycles. The third-order valence-corrected chi connectivity index (χ3v) is 4.60. The summed E-state index contributed by atoms with van der Waals surface area (Å²) in [7, 11) is 1.54. The Morgan fingerprint density at radius 2 is 1.73 bits per heavy atom. The number of halogens is 1. The van der Waals surface area contributed by atoms with Gasteiger partial charge in [-0.15, -0.1) is 0 Å². The smallest absolute Gasteiger partial charge is 0.309 e. The summed E-state index contributed by atoms with van der Waals surface area (Å²) >= 11 is 0. The van der Waals surface area contributed by atoms with Crippen molar-refractivity contribution < 1.29 is 28.2 Å². The van der Waals surface area contributed by atoms with Crippen LogP contribution in [0.25, 0.3) is 0 Å². The molecule has 0 radical (unpaired) electrons. The highest BCUT2D eigenvalue weighted by Gasteiger charge is 2.31. The first-order chi connectivity index (χ1) is 14.5. The van der Waals surface area contributed by atoms with Gasteiger partial charge in [0, 0.05) is 18.7 Å². The normalized spacial score (nSPS) is 15.5. The summed E-state index contributed by atoms with van der Waals surface area (Å²) in [6.45, 7) is 0.778. The number of carbonyl (C=O) groups excluding carboxylic acids is 3. The highest BCUT2D eigenvalue weighted by molar-refractivity contribution is 6.35. The molecular formula is C21H22FN3O5. The van der Waals surface area contributed by atoms with Gasteiger partial charge < -0.3 is 25.0 Å². The molecule has 0 bridgehead atoms. The van der Waals surface area contributed by atoms with Gasteiger partial charge in [0.2, 0.25) is 0 Å². The Morgan fingerprint density at radius 1 is 1.07 bits per heavy atom. The lowest BCUT2D eigenvalue weighted by Crippen LogP contribution is -2.47. The van der Waals surface area contributed by atoms with Crippen molar-refractivity contribution in [3.63, 3.8) is 0 Å². The van der Waals surface area contributed by atoms with E-state index in [-0.39, 0.29) is 24.8 Å². The molecule has 1 aliphatic heterocycles. The van der Waals surface area contributed by atoms with Crippen LogP contribution in [0.15, 0.2) is 48.5 Å². The summed E-state index contributed by atoms with van der Waals surface area (Å²) in [6.07, 6.45) is -0.673. The first-order valence-corrected chi connectivity index (χ1v) is 9.35. The zero-order chi connectivity index (χ0) is 21.5. The Balaban J connectivity index is 1.49. The number of amides is 3. The number of carbonyl (C=O) groups is 3. The number of nitrogens with one attached hydrogen (secondary N) is 2. The zero-order valence-electron chi connectivity index (χ0n) is 16.4. The van der Waals surface area contributed by atoms with Crippen molar-refractivity contribution in [2.24, 2.45) is 0 Å². The van der Waals surface area contributed by atoms with E-state index in [0.717, 1.165) is 0 Å². The van der Waals surface area contributed by atoms with Crippen molar-refractivity contribution in [3.05, 3.63) is 65.5 Å². The van der Waals surface area contributed by atoms with Crippen molar-refractivity contribution in [3.8, 4) is 5.75 Å². The molecule has 1 atom stereocenters. The van der Waals surface area contributed by atoms with E-state index < -0.39 is 18.0 Å². The second kappa shape index (κ2) is 9.84. The van der Waals surface area contributed by atoms with Gasteiger partial charge in [0.25, 0.3) is 5.91 Å². The van der Waals surface area contributed by atoms with Gasteiger partial charge in [-0.05, 0) is 42.0 Å². The van der Waals surface area contributed by atoms with E-state index >= 15 is 0 Å². The molecule has 3 amide bonds. The first-order valence-electron chi connectivity index (χ1n) is 9.35. The predicted molar refractivity (Wildman–Crippen MR) is 105 cm³/mol. The molecule has 0 unspecified atom stereocenters. The Bertz CT molecular complexity index is 902. The molecule has 8 nitrogen and oxygen atoms in total. The minimum absolute atomic E-state index is 0.0231. The van der Waals surface area contributed by atoms with Gasteiger partial charge in [0.1, 0.15) is 17.8 Å². The Hall–Kier alpha value is -3.46. The standard InChI is InChI=1S/C21H22FN3O5/c1-29-17-8-4-15(5-9-17)21(28)25-10-11-30-18(25)13-24-20(27)19(26)23-12-14-2-6-16(22)7-3-14/h2-9,18H,10-13H2,1H3,(H,23,26)(H,24,27)/t18-/m0/s1. The third-order valence-electron chi connectivity index (χ3n) is 4.60. The first kappa shape index (κ1) is 21.3. The van der Waals surface area contributed by atoms with Crippen LogP contribution >= 0.6 is 0 Å². The molecular weight excluding hydrogens is 393 g/mol. The van der Waals surface area contributed by atoms with Crippen LogP contribution in [0.2, 0.25) is 0 Å². The van der Waals surface area contributed by atoms with Gasteiger partial charge in [0.15, 0.2) is 0 Å². The maximum atomic E-state index is 12.9. The molecule has 1 saturated heterocycles. The number of hydrogen-bond acceptors (Lipinski definition) is 5. The zero-order valence-corrected chi connectivity index (χ0v) is 16.4. The number of hydrogen-bond donors (Lipinski definition) is 2. The Kier molecular flexibility index (Phi) is 6.97. The highest BCUT2D eigenvalue weighted by Crippen LogP contribution is 2.17. The van der Waals surface area contributed by atoms with Crippen LogP contribution in [0.5, 0.6) is 5.75 Å². The van der Waals surface area contributed by atoms with Crippen LogP contribution in [-0.4, -0.2) is 55.7 Å². The van der Waals surface area contributed by atoms with Crippen LogP contribution < -0.4 is 15.4 Å². The topological polar surface area (TPSA) is 97.0 Å². The summed E-state index contributed by atoms with van der Waals surface area (Å²) in [5.74, 6) is -1.65. The van der Waals surface area contributed by atoms with Gasteiger partial charge in [-0.25, -0.2) is 4.39 Å². The molecule has 30 heavy (non-hydrogen) atoms. The summed E-state index contributed by atoms with van der Waals surface area (Å²) in [5, 5.41) is 4.93. The molecule has 1 aliphatic rings.